The van der Waals surface area contributed by atoms with E-state index in [1.165, 1.54) is 5.01 Å². The number of aromatic nitrogens is 1. The summed E-state index contributed by atoms with van der Waals surface area (Å²) in [5.41, 5.74) is 1.11. The number of thiazole rings is 1. The molecule has 1 fully saturated rings. The zero-order valence-corrected chi connectivity index (χ0v) is 11.9. The molecule has 1 aromatic heterocycles. The van der Waals surface area contributed by atoms with Crippen molar-refractivity contribution in [1.29, 1.82) is 0 Å². The predicted octanol–water partition coefficient (Wildman–Crippen LogP) is 2.84. The van der Waals surface area contributed by atoms with Crippen LogP contribution in [0.25, 0.3) is 0 Å². The standard InChI is InChI=1S/C14H20N2OS/c1-4-11-7-13(17)16(8-11)6-5-12-9-18-14(15-12)10(2)3/h4,9-11H,1,5-8H2,2-3H3. The summed E-state index contributed by atoms with van der Waals surface area (Å²) in [6.45, 7) is 9.68. The van der Waals surface area contributed by atoms with E-state index in [0.29, 0.717) is 18.3 Å². The fourth-order valence-corrected chi connectivity index (χ4v) is 3.00. The Kier molecular flexibility index (Phi) is 4.17. The Morgan fingerprint density at radius 3 is 3.00 bits per heavy atom. The molecule has 0 saturated carbocycles. The van der Waals surface area contributed by atoms with Crippen LogP contribution >= 0.6 is 11.3 Å². The number of carbonyl (C=O) groups excluding carboxylic acids is 1. The molecule has 1 saturated heterocycles. The van der Waals surface area contributed by atoms with Gasteiger partial charge in [0.25, 0.3) is 0 Å². The van der Waals surface area contributed by atoms with Crippen LogP contribution in [-0.4, -0.2) is 28.9 Å². The lowest BCUT2D eigenvalue weighted by Crippen LogP contribution is -2.27. The summed E-state index contributed by atoms with van der Waals surface area (Å²) in [6.07, 6.45) is 3.37. The van der Waals surface area contributed by atoms with Gasteiger partial charge in [0, 0.05) is 43.1 Å². The molecule has 4 heteroatoms. The summed E-state index contributed by atoms with van der Waals surface area (Å²) in [5.74, 6) is 1.07. The van der Waals surface area contributed by atoms with Crippen LogP contribution in [0.3, 0.4) is 0 Å². The molecule has 1 atom stereocenters. The topological polar surface area (TPSA) is 33.2 Å². The first-order chi connectivity index (χ1) is 8.60. The third-order valence-electron chi connectivity index (χ3n) is 3.28. The van der Waals surface area contributed by atoms with E-state index < -0.39 is 0 Å². The average Bonchev–Trinajstić information content (AvgIpc) is 2.93. The van der Waals surface area contributed by atoms with E-state index in [4.69, 9.17) is 0 Å². The van der Waals surface area contributed by atoms with Gasteiger partial charge in [-0.25, -0.2) is 4.98 Å². The number of nitrogens with zero attached hydrogens (tertiary/aromatic N) is 2. The molecule has 1 aliphatic heterocycles. The van der Waals surface area contributed by atoms with Crippen LogP contribution in [0.1, 0.15) is 36.9 Å². The number of carbonyl (C=O) groups is 1. The molecule has 3 nitrogen and oxygen atoms in total. The van der Waals surface area contributed by atoms with Crippen molar-refractivity contribution in [3.63, 3.8) is 0 Å². The highest BCUT2D eigenvalue weighted by Gasteiger charge is 2.27. The van der Waals surface area contributed by atoms with Gasteiger partial charge in [-0.1, -0.05) is 19.9 Å². The molecule has 98 valence electrons. The monoisotopic (exact) mass is 264 g/mol. The number of hydrogen-bond acceptors (Lipinski definition) is 3. The van der Waals surface area contributed by atoms with Crippen molar-refractivity contribution >= 4 is 17.2 Å². The van der Waals surface area contributed by atoms with Gasteiger partial charge in [-0.2, -0.15) is 0 Å². The van der Waals surface area contributed by atoms with Gasteiger partial charge < -0.3 is 4.90 Å². The van der Waals surface area contributed by atoms with E-state index in [1.807, 2.05) is 11.0 Å². The summed E-state index contributed by atoms with van der Waals surface area (Å²) in [4.78, 5) is 18.3. The first-order valence-electron chi connectivity index (χ1n) is 6.44. The van der Waals surface area contributed by atoms with Gasteiger partial charge in [0.2, 0.25) is 5.91 Å². The number of hydrogen-bond donors (Lipinski definition) is 0. The molecule has 2 rings (SSSR count). The first kappa shape index (κ1) is 13.3. The summed E-state index contributed by atoms with van der Waals surface area (Å²) in [5, 5.41) is 3.29. The zero-order valence-electron chi connectivity index (χ0n) is 11.1. The first-order valence-corrected chi connectivity index (χ1v) is 7.32. The maximum Gasteiger partial charge on any atom is 0.223 e. The second-order valence-electron chi connectivity index (χ2n) is 5.12. The Balaban J connectivity index is 1.87. The Labute approximate surface area is 113 Å². The van der Waals surface area contributed by atoms with Crippen LogP contribution in [0.15, 0.2) is 18.0 Å². The minimum atomic E-state index is 0.249. The molecule has 18 heavy (non-hydrogen) atoms. The fraction of sp³-hybridized carbons (Fsp3) is 0.571. The molecule has 0 aliphatic carbocycles. The molecule has 0 spiro atoms. The van der Waals surface area contributed by atoms with E-state index in [2.05, 4.69) is 30.8 Å². The van der Waals surface area contributed by atoms with Gasteiger partial charge in [0.05, 0.1) is 10.7 Å². The molecule has 0 aromatic carbocycles. The molecule has 0 bridgehead atoms. The highest BCUT2D eigenvalue weighted by Crippen LogP contribution is 2.21. The lowest BCUT2D eigenvalue weighted by Gasteiger charge is -2.14. The van der Waals surface area contributed by atoms with Gasteiger partial charge in [0.15, 0.2) is 0 Å². The van der Waals surface area contributed by atoms with Gasteiger partial charge >= 0.3 is 0 Å². The van der Waals surface area contributed by atoms with Gasteiger partial charge in [-0.3, -0.25) is 4.79 Å². The molecule has 1 aliphatic rings. The van der Waals surface area contributed by atoms with E-state index in [0.717, 1.165) is 25.2 Å². The lowest BCUT2D eigenvalue weighted by atomic mass is 10.1. The summed E-state index contributed by atoms with van der Waals surface area (Å²) in [7, 11) is 0. The van der Waals surface area contributed by atoms with Crippen LogP contribution in [0.2, 0.25) is 0 Å². The van der Waals surface area contributed by atoms with Crippen LogP contribution in [0, 0.1) is 5.92 Å². The lowest BCUT2D eigenvalue weighted by molar-refractivity contribution is -0.127. The smallest absolute Gasteiger partial charge is 0.223 e. The second kappa shape index (κ2) is 5.65. The number of likely N-dealkylation sites (tertiary alicyclic amines) is 1. The zero-order chi connectivity index (χ0) is 13.1. The summed E-state index contributed by atoms with van der Waals surface area (Å²) in [6, 6.07) is 0. The van der Waals surface area contributed by atoms with Gasteiger partial charge in [0.1, 0.15) is 0 Å². The Morgan fingerprint density at radius 2 is 2.44 bits per heavy atom. The summed E-state index contributed by atoms with van der Waals surface area (Å²) >= 11 is 1.72. The highest BCUT2D eigenvalue weighted by atomic mass is 32.1. The van der Waals surface area contributed by atoms with Gasteiger partial charge in [-0.05, 0) is 0 Å². The van der Waals surface area contributed by atoms with Crippen molar-refractivity contribution in [2.24, 2.45) is 5.92 Å². The Bertz CT molecular complexity index is 439. The second-order valence-corrected chi connectivity index (χ2v) is 6.01. The third-order valence-corrected chi connectivity index (χ3v) is 4.47. The average molecular weight is 264 g/mol. The van der Waals surface area contributed by atoms with Crippen molar-refractivity contribution in [2.75, 3.05) is 13.1 Å². The van der Waals surface area contributed by atoms with Crippen molar-refractivity contribution in [2.45, 2.75) is 32.6 Å². The fourth-order valence-electron chi connectivity index (χ4n) is 2.13. The van der Waals surface area contributed by atoms with Crippen molar-refractivity contribution in [3.05, 3.63) is 28.7 Å². The SMILES string of the molecule is C=CC1CC(=O)N(CCc2csc(C(C)C)n2)C1. The molecule has 2 heterocycles. The normalized spacial score (nSPS) is 19.8. The quantitative estimate of drug-likeness (QED) is 0.766. The third kappa shape index (κ3) is 2.99. The van der Waals surface area contributed by atoms with Crippen LogP contribution in [0.4, 0.5) is 0 Å². The highest BCUT2D eigenvalue weighted by molar-refractivity contribution is 7.09. The molecule has 1 amide bonds. The predicted molar refractivity (Wildman–Crippen MR) is 74.8 cm³/mol. The minimum Gasteiger partial charge on any atom is -0.342 e. The van der Waals surface area contributed by atoms with Crippen LogP contribution < -0.4 is 0 Å². The van der Waals surface area contributed by atoms with E-state index in [-0.39, 0.29) is 5.91 Å². The molecular formula is C14H20N2OS. The number of rotatable bonds is 5. The van der Waals surface area contributed by atoms with Crippen LogP contribution in [-0.2, 0) is 11.2 Å². The van der Waals surface area contributed by atoms with Crippen molar-refractivity contribution < 1.29 is 4.79 Å². The Hall–Kier alpha value is -1.16. The van der Waals surface area contributed by atoms with Crippen molar-refractivity contribution in [3.8, 4) is 0 Å². The molecule has 1 unspecified atom stereocenters. The summed E-state index contributed by atoms with van der Waals surface area (Å²) < 4.78 is 0. The maximum absolute atomic E-state index is 11.7. The maximum atomic E-state index is 11.7. The van der Waals surface area contributed by atoms with E-state index >= 15 is 0 Å². The molecule has 0 radical (unpaired) electrons. The van der Waals surface area contributed by atoms with Crippen LogP contribution in [0.5, 0.6) is 0 Å². The number of amides is 1. The molecule has 0 N–H and O–H groups in total. The van der Waals surface area contributed by atoms with E-state index in [1.54, 1.807) is 11.3 Å². The minimum absolute atomic E-state index is 0.249. The molecule has 1 aromatic rings. The van der Waals surface area contributed by atoms with Crippen molar-refractivity contribution in [1.82, 2.24) is 9.88 Å². The molecular weight excluding hydrogens is 244 g/mol. The Morgan fingerprint density at radius 1 is 1.67 bits per heavy atom. The largest absolute Gasteiger partial charge is 0.342 e. The van der Waals surface area contributed by atoms with E-state index in [9.17, 15) is 4.79 Å². The van der Waals surface area contributed by atoms with Gasteiger partial charge in [-0.15, -0.1) is 17.9 Å².